The van der Waals surface area contributed by atoms with Gasteiger partial charge in [-0.25, -0.2) is 27.1 Å². The number of hydrogen-bond donors (Lipinski definition) is 2. The number of halogens is 7. The molecule has 2 saturated carbocycles. The predicted molar refractivity (Wildman–Crippen MR) is 135 cm³/mol. The van der Waals surface area contributed by atoms with E-state index in [1.807, 2.05) is 0 Å². The van der Waals surface area contributed by atoms with Gasteiger partial charge in [-0.2, -0.15) is 23.4 Å². The van der Waals surface area contributed by atoms with E-state index in [1.165, 1.54) is 23.0 Å². The van der Waals surface area contributed by atoms with Crippen LogP contribution in [-0.2, 0) is 11.2 Å². The number of imidazole rings is 1. The molecule has 232 valence electrons. The van der Waals surface area contributed by atoms with Gasteiger partial charge in [-0.15, -0.1) is 0 Å². The monoisotopic (exact) mass is 615 g/mol. The molecule has 0 aromatic carbocycles. The summed E-state index contributed by atoms with van der Waals surface area (Å²) in [5, 5.41) is 13.4. The summed E-state index contributed by atoms with van der Waals surface area (Å²) in [6.07, 6.45) is -3.23. The van der Waals surface area contributed by atoms with E-state index in [0.717, 1.165) is 4.68 Å². The molecule has 2 aliphatic carbocycles. The third kappa shape index (κ3) is 6.05. The van der Waals surface area contributed by atoms with Crippen molar-refractivity contribution in [1.82, 2.24) is 35.0 Å². The van der Waals surface area contributed by atoms with Gasteiger partial charge in [0.25, 0.3) is 11.8 Å². The fraction of sp³-hybridized carbons (Fsp3) is 0.593. The molecule has 2 N–H and O–H groups in total. The molecular formula is C27H28F7N7O2. The molecule has 9 nitrogen and oxygen atoms in total. The van der Waals surface area contributed by atoms with Gasteiger partial charge in [-0.1, -0.05) is 0 Å². The molecule has 6 rings (SSSR count). The first kappa shape index (κ1) is 29.4. The van der Waals surface area contributed by atoms with E-state index in [-0.39, 0.29) is 31.4 Å². The summed E-state index contributed by atoms with van der Waals surface area (Å²) in [5.74, 6) is -10.1. The number of carbonyl (C=O) groups is 2. The highest BCUT2D eigenvalue weighted by atomic mass is 19.4. The molecule has 3 aliphatic rings. The lowest BCUT2D eigenvalue weighted by Gasteiger charge is -2.33. The highest BCUT2D eigenvalue weighted by molar-refractivity contribution is 5.93. The Hall–Kier alpha value is -3.72. The summed E-state index contributed by atoms with van der Waals surface area (Å²) >= 11 is 0. The zero-order valence-corrected chi connectivity index (χ0v) is 22.6. The predicted octanol–water partition coefficient (Wildman–Crippen LogP) is 4.66. The average Bonchev–Trinajstić information content (AvgIpc) is 3.27. The number of alkyl halides is 7. The van der Waals surface area contributed by atoms with E-state index in [4.69, 9.17) is 0 Å². The van der Waals surface area contributed by atoms with Gasteiger partial charge in [0, 0.05) is 44.3 Å². The van der Waals surface area contributed by atoms with Crippen LogP contribution in [0.4, 0.5) is 30.7 Å². The Balaban J connectivity index is 1.25. The first-order chi connectivity index (χ1) is 20.2. The lowest BCUT2D eigenvalue weighted by Crippen LogP contribution is -2.47. The summed E-state index contributed by atoms with van der Waals surface area (Å²) in [4.78, 5) is 30.1. The second-order valence-corrected chi connectivity index (χ2v) is 11.7. The van der Waals surface area contributed by atoms with Crippen molar-refractivity contribution in [2.75, 3.05) is 6.54 Å². The van der Waals surface area contributed by atoms with Gasteiger partial charge in [-0.3, -0.25) is 14.3 Å². The summed E-state index contributed by atoms with van der Waals surface area (Å²) in [5.41, 5.74) is 0.860. The first-order valence-corrected chi connectivity index (χ1v) is 14.0. The molecule has 0 spiro atoms. The summed E-state index contributed by atoms with van der Waals surface area (Å²) < 4.78 is 97.5. The van der Waals surface area contributed by atoms with Gasteiger partial charge in [-0.05, 0) is 43.4 Å². The molecule has 2 unspecified atom stereocenters. The number of rotatable bonds is 7. The van der Waals surface area contributed by atoms with Gasteiger partial charge in [0.2, 0.25) is 11.8 Å². The van der Waals surface area contributed by atoms with Crippen LogP contribution in [0.1, 0.15) is 72.5 Å². The normalized spacial score (nSPS) is 26.2. The van der Waals surface area contributed by atoms with E-state index in [2.05, 4.69) is 25.8 Å². The second kappa shape index (κ2) is 10.5. The largest absolute Gasteiger partial charge is 0.393 e. The molecule has 3 fully saturated rings. The van der Waals surface area contributed by atoms with Crippen LogP contribution in [-0.4, -0.2) is 60.8 Å². The minimum atomic E-state index is -4.44. The Morgan fingerprint density at radius 3 is 2.53 bits per heavy atom. The molecule has 3 aromatic rings. The van der Waals surface area contributed by atoms with Crippen LogP contribution in [0, 0.1) is 17.8 Å². The Morgan fingerprint density at radius 2 is 1.86 bits per heavy atom. The topological polar surface area (TPSA) is 106 Å². The standard InChI is InChI=1S/C27H28F7N7O2/c28-25(29)6-3-14(4-7-25)22(38-24(43)19-5-8-36-41(19)20-11-26(20,30)31)18-13-40-21(37-18)2-1-17(39-40)10-15-9-16(27(32,33)34)12-35-23(15)42/h1-2,5,8,13-16,20,22H,3-4,6-7,9-12H2,(H,35,42)(H,38,43)/t15?,16-,20?,22+/m1/s1. The Labute approximate surface area is 240 Å². The van der Waals surface area contributed by atoms with Crippen LogP contribution in [0.25, 0.3) is 5.65 Å². The number of piperidine rings is 1. The molecular weight excluding hydrogens is 587 g/mol. The molecule has 2 amide bonds. The van der Waals surface area contributed by atoms with Crippen molar-refractivity contribution in [2.45, 2.75) is 75.1 Å². The fourth-order valence-electron chi connectivity index (χ4n) is 6.03. The van der Waals surface area contributed by atoms with Crippen molar-refractivity contribution in [1.29, 1.82) is 0 Å². The summed E-state index contributed by atoms with van der Waals surface area (Å²) in [6.45, 7) is -0.472. The lowest BCUT2D eigenvalue weighted by molar-refractivity contribution is -0.183. The lowest BCUT2D eigenvalue weighted by atomic mass is 9.81. The van der Waals surface area contributed by atoms with Crippen LogP contribution >= 0.6 is 0 Å². The average molecular weight is 616 g/mol. The van der Waals surface area contributed by atoms with E-state index < -0.39 is 85.5 Å². The third-order valence-corrected chi connectivity index (χ3v) is 8.60. The maximum absolute atomic E-state index is 14.0. The number of amides is 2. The summed E-state index contributed by atoms with van der Waals surface area (Å²) in [6, 6.07) is 2.29. The van der Waals surface area contributed by atoms with Crippen LogP contribution < -0.4 is 10.6 Å². The molecule has 4 heterocycles. The van der Waals surface area contributed by atoms with Crippen LogP contribution in [0.5, 0.6) is 0 Å². The quantitative estimate of drug-likeness (QED) is 0.377. The van der Waals surface area contributed by atoms with Gasteiger partial charge >= 0.3 is 6.18 Å². The Kier molecular flexibility index (Phi) is 7.15. The fourth-order valence-corrected chi connectivity index (χ4v) is 6.03. The van der Waals surface area contributed by atoms with Crippen molar-refractivity contribution in [3.63, 3.8) is 0 Å². The van der Waals surface area contributed by atoms with E-state index in [0.29, 0.717) is 17.0 Å². The van der Waals surface area contributed by atoms with Crippen molar-refractivity contribution in [3.05, 3.63) is 47.7 Å². The molecule has 43 heavy (non-hydrogen) atoms. The number of carbonyl (C=O) groups excluding carboxylic acids is 2. The molecule has 16 heteroatoms. The van der Waals surface area contributed by atoms with Gasteiger partial charge in [0.15, 0.2) is 5.65 Å². The molecule has 4 atom stereocenters. The smallest absolute Gasteiger partial charge is 0.355 e. The minimum Gasteiger partial charge on any atom is -0.355 e. The molecule has 1 saturated heterocycles. The zero-order valence-electron chi connectivity index (χ0n) is 22.6. The second-order valence-electron chi connectivity index (χ2n) is 11.7. The number of hydrogen-bond acceptors (Lipinski definition) is 5. The number of nitrogens with zero attached hydrogens (tertiary/aromatic N) is 5. The number of aromatic nitrogens is 5. The molecule has 0 radical (unpaired) electrons. The Morgan fingerprint density at radius 1 is 1.14 bits per heavy atom. The van der Waals surface area contributed by atoms with Gasteiger partial charge in [0.1, 0.15) is 11.7 Å². The highest BCUT2D eigenvalue weighted by Crippen LogP contribution is 2.52. The SMILES string of the molecule is O=C(N[C@H](c1cn2nc(CC3C[C@@H](C(F)(F)F)CNC3=O)ccc2n1)C1CCC(F)(F)CC1)c1ccnn1C1CC1(F)F. The number of fused-ring (bicyclic) bond motifs is 1. The van der Waals surface area contributed by atoms with E-state index in [9.17, 15) is 40.3 Å². The zero-order chi connectivity index (χ0) is 30.7. The van der Waals surface area contributed by atoms with Crippen molar-refractivity contribution in [3.8, 4) is 0 Å². The first-order valence-electron chi connectivity index (χ1n) is 14.0. The molecule has 0 bridgehead atoms. The van der Waals surface area contributed by atoms with Crippen LogP contribution in [0.2, 0.25) is 0 Å². The third-order valence-electron chi connectivity index (χ3n) is 8.60. The van der Waals surface area contributed by atoms with Gasteiger partial charge in [0.05, 0.1) is 29.5 Å². The van der Waals surface area contributed by atoms with Crippen molar-refractivity contribution >= 4 is 17.5 Å². The van der Waals surface area contributed by atoms with E-state index >= 15 is 0 Å². The van der Waals surface area contributed by atoms with Crippen LogP contribution in [0.3, 0.4) is 0 Å². The van der Waals surface area contributed by atoms with Crippen molar-refractivity contribution < 1.29 is 40.3 Å². The van der Waals surface area contributed by atoms with Gasteiger partial charge < -0.3 is 10.6 Å². The maximum atomic E-state index is 14.0. The molecule has 3 aromatic heterocycles. The summed E-state index contributed by atoms with van der Waals surface area (Å²) in [7, 11) is 0. The molecule has 1 aliphatic heterocycles. The maximum Gasteiger partial charge on any atom is 0.393 e. The number of nitrogens with one attached hydrogen (secondary N) is 2. The highest BCUT2D eigenvalue weighted by Gasteiger charge is 2.60. The van der Waals surface area contributed by atoms with E-state index in [1.54, 1.807) is 12.1 Å². The minimum absolute atomic E-state index is 0.0461. The Bertz CT molecular complexity index is 1530. The van der Waals surface area contributed by atoms with Crippen molar-refractivity contribution in [2.24, 2.45) is 17.8 Å². The van der Waals surface area contributed by atoms with Crippen LogP contribution in [0.15, 0.2) is 30.6 Å².